The first-order valence-electron chi connectivity index (χ1n) is 4.01. The van der Waals surface area contributed by atoms with Gasteiger partial charge in [-0.15, -0.1) is 0 Å². The Bertz CT molecular complexity index is 287. The average Bonchev–Trinajstić information content (AvgIpc) is 2.13. The normalized spacial score (nSPS) is 12.9. The van der Waals surface area contributed by atoms with Crippen LogP contribution in [-0.2, 0) is 0 Å². The molecule has 0 aliphatic heterocycles. The number of halogens is 2. The maximum absolute atomic E-state index is 13.3. The zero-order valence-corrected chi connectivity index (χ0v) is 8.94. The second-order valence-corrected chi connectivity index (χ2v) is 3.66. The summed E-state index contributed by atoms with van der Waals surface area (Å²) in [5.41, 5.74) is 6.09. The van der Waals surface area contributed by atoms with Crippen LogP contribution in [0.3, 0.4) is 0 Å². The molecule has 0 aliphatic carbocycles. The van der Waals surface area contributed by atoms with Crippen molar-refractivity contribution in [3.8, 4) is 0 Å². The summed E-state index contributed by atoms with van der Waals surface area (Å²) >= 11 is 3.29. The molecule has 4 heteroatoms. The van der Waals surface area contributed by atoms with Gasteiger partial charge in [-0.2, -0.15) is 0 Å². The number of hydrogen-bond acceptors (Lipinski definition) is 2. The van der Waals surface area contributed by atoms with Crippen LogP contribution in [0.2, 0.25) is 0 Å². The van der Waals surface area contributed by atoms with Crippen molar-refractivity contribution in [3.63, 3.8) is 0 Å². The summed E-state index contributed by atoms with van der Waals surface area (Å²) in [4.78, 5) is 0. The van der Waals surface area contributed by atoms with E-state index in [0.717, 1.165) is 4.47 Å². The number of benzene rings is 1. The highest BCUT2D eigenvalue weighted by atomic mass is 79.9. The fourth-order valence-corrected chi connectivity index (χ4v) is 1.56. The highest BCUT2D eigenvalue weighted by Gasteiger charge is 2.11. The van der Waals surface area contributed by atoms with E-state index in [2.05, 4.69) is 21.2 Å². The molecule has 72 valence electrons. The lowest BCUT2D eigenvalue weighted by molar-refractivity contribution is 0.541. The molecule has 0 saturated carbocycles. The van der Waals surface area contributed by atoms with Crippen molar-refractivity contribution in [2.75, 3.05) is 13.6 Å². The van der Waals surface area contributed by atoms with Crippen molar-refractivity contribution < 1.29 is 4.39 Å². The topological polar surface area (TPSA) is 38.0 Å². The van der Waals surface area contributed by atoms with Gasteiger partial charge < -0.3 is 11.1 Å². The molecule has 13 heavy (non-hydrogen) atoms. The van der Waals surface area contributed by atoms with Crippen molar-refractivity contribution >= 4 is 15.9 Å². The van der Waals surface area contributed by atoms with Crippen LogP contribution in [-0.4, -0.2) is 13.6 Å². The number of nitrogens with two attached hydrogens (primary N) is 1. The van der Waals surface area contributed by atoms with Gasteiger partial charge >= 0.3 is 0 Å². The summed E-state index contributed by atoms with van der Waals surface area (Å²) in [7, 11) is 1.76. The molecule has 0 fully saturated rings. The number of rotatable bonds is 3. The highest BCUT2D eigenvalue weighted by Crippen LogP contribution is 2.20. The van der Waals surface area contributed by atoms with E-state index in [9.17, 15) is 4.39 Å². The molecule has 0 radical (unpaired) electrons. The second kappa shape index (κ2) is 4.69. The molecule has 0 heterocycles. The molecule has 0 unspecified atom stereocenters. The Hall–Kier alpha value is -0.450. The predicted octanol–water partition coefficient (Wildman–Crippen LogP) is 1.81. The molecule has 0 spiro atoms. The van der Waals surface area contributed by atoms with Crippen LogP contribution in [0.1, 0.15) is 11.6 Å². The Morgan fingerprint density at radius 1 is 1.62 bits per heavy atom. The molecule has 3 N–H and O–H groups in total. The molecule has 1 aromatic rings. The zero-order valence-electron chi connectivity index (χ0n) is 7.35. The minimum Gasteiger partial charge on any atom is -0.329 e. The molecule has 1 atom stereocenters. The van der Waals surface area contributed by atoms with Crippen molar-refractivity contribution in [1.82, 2.24) is 5.32 Å². The van der Waals surface area contributed by atoms with E-state index in [1.54, 1.807) is 19.2 Å². The van der Waals surface area contributed by atoms with E-state index < -0.39 is 0 Å². The number of nitrogens with one attached hydrogen (secondary N) is 1. The molecule has 0 amide bonds. The number of likely N-dealkylation sites (N-methyl/N-ethyl adjacent to an activating group) is 1. The van der Waals surface area contributed by atoms with Crippen LogP contribution in [0.25, 0.3) is 0 Å². The standard InChI is InChI=1S/C9H12BrFN2/c1-13-9(5-12)7-4-6(10)2-3-8(7)11/h2-4,9,13H,5,12H2,1H3/t9-/m0/s1. The summed E-state index contributed by atoms with van der Waals surface area (Å²) in [5, 5.41) is 2.95. The summed E-state index contributed by atoms with van der Waals surface area (Å²) in [6.07, 6.45) is 0. The first-order valence-corrected chi connectivity index (χ1v) is 4.80. The van der Waals surface area contributed by atoms with Gasteiger partial charge in [-0.3, -0.25) is 0 Å². The van der Waals surface area contributed by atoms with Gasteiger partial charge in [0.2, 0.25) is 0 Å². The Morgan fingerprint density at radius 3 is 2.85 bits per heavy atom. The smallest absolute Gasteiger partial charge is 0.128 e. The molecular weight excluding hydrogens is 235 g/mol. The van der Waals surface area contributed by atoms with Gasteiger partial charge in [0.1, 0.15) is 5.82 Å². The molecular formula is C9H12BrFN2. The third-order valence-electron chi connectivity index (χ3n) is 1.92. The highest BCUT2D eigenvalue weighted by molar-refractivity contribution is 9.10. The van der Waals surface area contributed by atoms with Crippen molar-refractivity contribution in [1.29, 1.82) is 0 Å². The second-order valence-electron chi connectivity index (χ2n) is 2.74. The molecule has 1 aromatic carbocycles. The van der Waals surface area contributed by atoms with Gasteiger partial charge in [0.25, 0.3) is 0 Å². The Kier molecular flexibility index (Phi) is 3.84. The first-order chi connectivity index (χ1) is 6.19. The van der Waals surface area contributed by atoms with E-state index in [1.807, 2.05) is 0 Å². The van der Waals surface area contributed by atoms with Gasteiger partial charge in [0, 0.05) is 22.6 Å². The lowest BCUT2D eigenvalue weighted by Gasteiger charge is -2.14. The van der Waals surface area contributed by atoms with Crippen LogP contribution in [0, 0.1) is 5.82 Å². The van der Waals surface area contributed by atoms with E-state index >= 15 is 0 Å². The van der Waals surface area contributed by atoms with Crippen molar-refractivity contribution in [2.45, 2.75) is 6.04 Å². The Morgan fingerprint density at radius 2 is 2.31 bits per heavy atom. The Balaban J connectivity index is 3.03. The van der Waals surface area contributed by atoms with Crippen LogP contribution >= 0.6 is 15.9 Å². The fraction of sp³-hybridized carbons (Fsp3) is 0.333. The van der Waals surface area contributed by atoms with Gasteiger partial charge in [-0.25, -0.2) is 4.39 Å². The molecule has 2 nitrogen and oxygen atoms in total. The SMILES string of the molecule is CN[C@@H](CN)c1cc(Br)ccc1F. The zero-order chi connectivity index (χ0) is 9.84. The monoisotopic (exact) mass is 246 g/mol. The molecule has 0 aliphatic rings. The minimum atomic E-state index is -0.229. The quantitative estimate of drug-likeness (QED) is 0.854. The van der Waals surface area contributed by atoms with Gasteiger partial charge in [0.05, 0.1) is 0 Å². The average molecular weight is 247 g/mol. The van der Waals surface area contributed by atoms with E-state index in [4.69, 9.17) is 5.73 Å². The van der Waals surface area contributed by atoms with E-state index in [-0.39, 0.29) is 11.9 Å². The van der Waals surface area contributed by atoms with Crippen molar-refractivity contribution in [2.24, 2.45) is 5.73 Å². The molecule has 0 saturated heterocycles. The maximum atomic E-state index is 13.3. The van der Waals surface area contributed by atoms with Gasteiger partial charge in [-0.05, 0) is 25.2 Å². The largest absolute Gasteiger partial charge is 0.329 e. The third kappa shape index (κ3) is 2.49. The summed E-state index contributed by atoms with van der Waals surface area (Å²) in [6, 6.07) is 4.71. The predicted molar refractivity (Wildman–Crippen MR) is 55.0 cm³/mol. The van der Waals surface area contributed by atoms with E-state index in [1.165, 1.54) is 6.07 Å². The lowest BCUT2D eigenvalue weighted by atomic mass is 10.1. The molecule has 0 bridgehead atoms. The fourth-order valence-electron chi connectivity index (χ4n) is 1.18. The summed E-state index contributed by atoms with van der Waals surface area (Å²) < 4.78 is 14.1. The number of hydrogen-bond donors (Lipinski definition) is 2. The maximum Gasteiger partial charge on any atom is 0.128 e. The summed E-state index contributed by atoms with van der Waals surface area (Å²) in [6.45, 7) is 0.379. The van der Waals surface area contributed by atoms with Gasteiger partial charge in [-0.1, -0.05) is 15.9 Å². The van der Waals surface area contributed by atoms with Crippen LogP contribution < -0.4 is 11.1 Å². The van der Waals surface area contributed by atoms with Crippen LogP contribution in [0.15, 0.2) is 22.7 Å². The van der Waals surface area contributed by atoms with E-state index in [0.29, 0.717) is 12.1 Å². The Labute approximate surface area is 85.4 Å². The third-order valence-corrected chi connectivity index (χ3v) is 2.41. The minimum absolute atomic E-state index is 0.127. The lowest BCUT2D eigenvalue weighted by Crippen LogP contribution is -2.25. The van der Waals surface area contributed by atoms with Crippen molar-refractivity contribution in [3.05, 3.63) is 34.1 Å². The molecule has 0 aromatic heterocycles. The first kappa shape index (κ1) is 10.6. The van der Waals surface area contributed by atoms with Crippen LogP contribution in [0.5, 0.6) is 0 Å². The summed E-state index contributed by atoms with van der Waals surface area (Å²) in [5.74, 6) is -0.229. The molecule has 1 rings (SSSR count). The van der Waals surface area contributed by atoms with Crippen LogP contribution in [0.4, 0.5) is 4.39 Å². The van der Waals surface area contributed by atoms with Gasteiger partial charge in [0.15, 0.2) is 0 Å².